The average molecular weight is 243 g/mol. The first-order valence-corrected chi connectivity index (χ1v) is 6.00. The van der Waals surface area contributed by atoms with E-state index < -0.39 is 0 Å². The second-order valence-corrected chi connectivity index (χ2v) is 4.18. The molecule has 0 bridgehead atoms. The zero-order valence-corrected chi connectivity index (χ0v) is 10.6. The van der Waals surface area contributed by atoms with Gasteiger partial charge in [-0.25, -0.2) is 15.8 Å². The number of hydrogen-bond donors (Lipinski definition) is 2. The molecular formula is C13H17N5. The van der Waals surface area contributed by atoms with Crippen molar-refractivity contribution < 1.29 is 0 Å². The SMILES string of the molecule is CC[C@@H](C)c1nc(-c2cccnc2)cnc1NN. The zero-order valence-electron chi connectivity index (χ0n) is 10.6. The van der Waals surface area contributed by atoms with Crippen LogP contribution in [0.15, 0.2) is 30.7 Å². The number of pyridine rings is 1. The van der Waals surface area contributed by atoms with E-state index >= 15 is 0 Å². The summed E-state index contributed by atoms with van der Waals surface area (Å²) in [6, 6.07) is 3.85. The summed E-state index contributed by atoms with van der Waals surface area (Å²) in [4.78, 5) is 13.0. The van der Waals surface area contributed by atoms with Gasteiger partial charge in [0.15, 0.2) is 5.82 Å². The van der Waals surface area contributed by atoms with Crippen molar-refractivity contribution >= 4 is 5.82 Å². The predicted molar refractivity (Wildman–Crippen MR) is 71.8 cm³/mol. The minimum absolute atomic E-state index is 0.306. The van der Waals surface area contributed by atoms with Crippen molar-refractivity contribution in [3.8, 4) is 11.3 Å². The first-order valence-electron chi connectivity index (χ1n) is 6.00. The van der Waals surface area contributed by atoms with Crippen LogP contribution in [0.2, 0.25) is 0 Å². The van der Waals surface area contributed by atoms with Crippen molar-refractivity contribution in [3.05, 3.63) is 36.4 Å². The number of rotatable bonds is 4. The minimum Gasteiger partial charge on any atom is -0.307 e. The van der Waals surface area contributed by atoms with Gasteiger partial charge in [-0.3, -0.25) is 4.98 Å². The summed E-state index contributed by atoms with van der Waals surface area (Å²) in [5.74, 6) is 6.41. The highest BCUT2D eigenvalue weighted by molar-refractivity contribution is 5.58. The molecule has 5 heteroatoms. The number of nitrogens with one attached hydrogen (secondary N) is 1. The van der Waals surface area contributed by atoms with Crippen LogP contribution in [0.3, 0.4) is 0 Å². The first kappa shape index (κ1) is 12.4. The van der Waals surface area contributed by atoms with Crippen LogP contribution < -0.4 is 11.3 Å². The summed E-state index contributed by atoms with van der Waals surface area (Å²) >= 11 is 0. The molecule has 2 heterocycles. The molecule has 0 spiro atoms. The highest BCUT2D eigenvalue weighted by Gasteiger charge is 2.13. The van der Waals surface area contributed by atoms with Gasteiger partial charge in [0.2, 0.25) is 0 Å². The lowest BCUT2D eigenvalue weighted by atomic mass is 10.0. The largest absolute Gasteiger partial charge is 0.307 e. The summed E-state index contributed by atoms with van der Waals surface area (Å²) in [6.45, 7) is 4.22. The van der Waals surface area contributed by atoms with Gasteiger partial charge in [0.05, 0.1) is 17.6 Å². The van der Waals surface area contributed by atoms with Gasteiger partial charge >= 0.3 is 0 Å². The Morgan fingerprint density at radius 1 is 1.39 bits per heavy atom. The quantitative estimate of drug-likeness (QED) is 0.636. The van der Waals surface area contributed by atoms with Crippen LogP contribution >= 0.6 is 0 Å². The molecule has 2 aromatic rings. The van der Waals surface area contributed by atoms with Gasteiger partial charge in [0, 0.05) is 23.9 Å². The Balaban J connectivity index is 2.46. The summed E-state index contributed by atoms with van der Waals surface area (Å²) < 4.78 is 0. The Morgan fingerprint density at radius 3 is 2.83 bits per heavy atom. The van der Waals surface area contributed by atoms with E-state index in [-0.39, 0.29) is 0 Å². The van der Waals surface area contributed by atoms with E-state index in [4.69, 9.17) is 5.84 Å². The predicted octanol–water partition coefficient (Wildman–Crippen LogP) is 2.34. The molecule has 5 nitrogen and oxygen atoms in total. The van der Waals surface area contributed by atoms with E-state index in [2.05, 4.69) is 34.2 Å². The van der Waals surface area contributed by atoms with Crippen LogP contribution in [0.1, 0.15) is 31.9 Å². The summed E-state index contributed by atoms with van der Waals surface area (Å²) in [5.41, 5.74) is 5.26. The molecule has 0 aliphatic heterocycles. The molecule has 0 aromatic carbocycles. The van der Waals surface area contributed by atoms with Crippen molar-refractivity contribution in [2.75, 3.05) is 5.43 Å². The number of nitrogen functional groups attached to an aromatic ring is 1. The molecule has 0 amide bonds. The smallest absolute Gasteiger partial charge is 0.162 e. The summed E-state index contributed by atoms with van der Waals surface area (Å²) in [7, 11) is 0. The lowest BCUT2D eigenvalue weighted by molar-refractivity contribution is 0.705. The third-order valence-corrected chi connectivity index (χ3v) is 2.97. The van der Waals surface area contributed by atoms with E-state index in [1.165, 1.54) is 0 Å². The van der Waals surface area contributed by atoms with E-state index in [0.29, 0.717) is 11.7 Å². The molecule has 2 rings (SSSR count). The number of hydrazine groups is 1. The van der Waals surface area contributed by atoms with Crippen LogP contribution in [0.4, 0.5) is 5.82 Å². The molecule has 0 aliphatic rings. The second kappa shape index (κ2) is 5.55. The van der Waals surface area contributed by atoms with E-state index in [9.17, 15) is 0 Å². The fourth-order valence-corrected chi connectivity index (χ4v) is 1.70. The van der Waals surface area contributed by atoms with Gasteiger partial charge in [-0.1, -0.05) is 13.8 Å². The molecule has 3 N–H and O–H groups in total. The van der Waals surface area contributed by atoms with Crippen molar-refractivity contribution in [2.45, 2.75) is 26.2 Å². The number of nitrogens with two attached hydrogens (primary N) is 1. The number of aromatic nitrogens is 3. The highest BCUT2D eigenvalue weighted by atomic mass is 15.3. The van der Waals surface area contributed by atoms with Crippen LogP contribution in [-0.4, -0.2) is 15.0 Å². The highest BCUT2D eigenvalue weighted by Crippen LogP contribution is 2.25. The molecule has 2 aromatic heterocycles. The molecule has 94 valence electrons. The molecule has 0 saturated heterocycles. The monoisotopic (exact) mass is 243 g/mol. The van der Waals surface area contributed by atoms with Gasteiger partial charge in [0.25, 0.3) is 0 Å². The minimum atomic E-state index is 0.306. The van der Waals surface area contributed by atoms with Crippen molar-refractivity contribution in [2.24, 2.45) is 5.84 Å². The van der Waals surface area contributed by atoms with Crippen molar-refractivity contribution in [1.29, 1.82) is 0 Å². The average Bonchev–Trinajstić information content (AvgIpc) is 2.46. The van der Waals surface area contributed by atoms with Gasteiger partial charge < -0.3 is 5.43 Å². The Morgan fingerprint density at radius 2 is 2.22 bits per heavy atom. The van der Waals surface area contributed by atoms with Gasteiger partial charge in [0.1, 0.15) is 0 Å². The molecule has 0 fully saturated rings. The van der Waals surface area contributed by atoms with Crippen molar-refractivity contribution in [1.82, 2.24) is 15.0 Å². The third kappa shape index (κ3) is 2.46. The fraction of sp³-hybridized carbons (Fsp3) is 0.308. The zero-order chi connectivity index (χ0) is 13.0. The summed E-state index contributed by atoms with van der Waals surface area (Å²) in [6.07, 6.45) is 6.21. The third-order valence-electron chi connectivity index (χ3n) is 2.97. The lowest BCUT2D eigenvalue weighted by Crippen LogP contribution is -2.14. The van der Waals surface area contributed by atoms with Gasteiger partial charge in [-0.2, -0.15) is 0 Å². The molecular weight excluding hydrogens is 226 g/mol. The molecule has 18 heavy (non-hydrogen) atoms. The lowest BCUT2D eigenvalue weighted by Gasteiger charge is -2.13. The molecule has 0 unspecified atom stereocenters. The standard InChI is InChI=1S/C13H17N5/c1-3-9(2)12-13(18-14)16-8-11(17-12)10-5-4-6-15-7-10/h4-9H,3,14H2,1-2H3,(H,16,18)/t9-/m1/s1. The summed E-state index contributed by atoms with van der Waals surface area (Å²) in [5, 5.41) is 0. The topological polar surface area (TPSA) is 76.7 Å². The maximum atomic E-state index is 5.47. The van der Waals surface area contributed by atoms with E-state index in [0.717, 1.165) is 23.4 Å². The van der Waals surface area contributed by atoms with Crippen LogP contribution in [0, 0.1) is 0 Å². The maximum absolute atomic E-state index is 5.47. The molecule has 0 aliphatic carbocycles. The molecule has 0 radical (unpaired) electrons. The van der Waals surface area contributed by atoms with Gasteiger partial charge in [-0.05, 0) is 18.6 Å². The first-order chi connectivity index (χ1) is 8.76. The number of anilines is 1. The number of hydrogen-bond acceptors (Lipinski definition) is 5. The maximum Gasteiger partial charge on any atom is 0.162 e. The Bertz CT molecular complexity index is 512. The molecule has 0 saturated carbocycles. The van der Waals surface area contributed by atoms with Crippen molar-refractivity contribution in [3.63, 3.8) is 0 Å². The van der Waals surface area contributed by atoms with Crippen LogP contribution in [0.25, 0.3) is 11.3 Å². The Kier molecular flexibility index (Phi) is 3.84. The fourth-order valence-electron chi connectivity index (χ4n) is 1.70. The normalized spacial score (nSPS) is 12.2. The Labute approximate surface area is 106 Å². The van der Waals surface area contributed by atoms with Gasteiger partial charge in [-0.15, -0.1) is 0 Å². The molecule has 1 atom stereocenters. The van der Waals surface area contributed by atoms with E-state index in [1.54, 1.807) is 18.6 Å². The second-order valence-electron chi connectivity index (χ2n) is 4.18. The number of nitrogens with zero attached hydrogens (tertiary/aromatic N) is 3. The van der Waals surface area contributed by atoms with Crippen LogP contribution in [0.5, 0.6) is 0 Å². The Hall–Kier alpha value is -2.01. The van der Waals surface area contributed by atoms with E-state index in [1.807, 2.05) is 12.1 Å². The van der Waals surface area contributed by atoms with Crippen LogP contribution in [-0.2, 0) is 0 Å².